The Hall–Kier alpha value is -1.52. The average molecular weight is 157 g/mol. The van der Waals surface area contributed by atoms with Gasteiger partial charge in [-0.25, -0.2) is 4.79 Å². The second-order valence-electron chi connectivity index (χ2n) is 1.84. The predicted octanol–water partition coefficient (Wildman–Crippen LogP) is -1.04. The molecule has 0 radical (unpaired) electrons. The highest BCUT2D eigenvalue weighted by molar-refractivity contribution is 5.87. The van der Waals surface area contributed by atoms with Gasteiger partial charge >= 0.3 is 6.03 Å². The maximum Gasteiger partial charge on any atom is 0.315 e. The van der Waals surface area contributed by atoms with Crippen molar-refractivity contribution in [2.24, 2.45) is 5.73 Å². The van der Waals surface area contributed by atoms with Crippen molar-refractivity contribution in [3.8, 4) is 0 Å². The third-order valence-corrected chi connectivity index (χ3v) is 1.06. The summed E-state index contributed by atoms with van der Waals surface area (Å²) in [6.07, 6.45) is 1.26. The minimum Gasteiger partial charge on any atom is -0.368 e. The van der Waals surface area contributed by atoms with E-state index in [0.29, 0.717) is 0 Å². The molecule has 0 aliphatic carbocycles. The van der Waals surface area contributed by atoms with Crippen molar-refractivity contribution in [3.05, 3.63) is 12.7 Å². The molecule has 0 aliphatic rings. The van der Waals surface area contributed by atoms with E-state index in [9.17, 15) is 9.59 Å². The van der Waals surface area contributed by atoms with E-state index in [2.05, 4.69) is 17.2 Å². The van der Waals surface area contributed by atoms with E-state index in [1.54, 1.807) is 0 Å². The minimum absolute atomic E-state index is 0.464. The Morgan fingerprint density at radius 2 is 2.18 bits per heavy atom. The quantitative estimate of drug-likeness (QED) is 0.457. The molecule has 5 nitrogen and oxygen atoms in total. The third-order valence-electron chi connectivity index (χ3n) is 1.06. The van der Waals surface area contributed by atoms with Gasteiger partial charge in [0.2, 0.25) is 5.91 Å². The van der Waals surface area contributed by atoms with Crippen LogP contribution in [0.15, 0.2) is 12.7 Å². The van der Waals surface area contributed by atoms with Crippen LogP contribution in [0.3, 0.4) is 0 Å². The van der Waals surface area contributed by atoms with Crippen LogP contribution in [0.1, 0.15) is 0 Å². The van der Waals surface area contributed by atoms with Gasteiger partial charge in [-0.05, 0) is 0 Å². The Kier molecular flexibility index (Phi) is 3.72. The number of carbonyl (C=O) groups is 2. The van der Waals surface area contributed by atoms with Crippen LogP contribution in [0, 0.1) is 0 Å². The molecule has 0 heterocycles. The fraction of sp³-hybridized carbons (Fsp3) is 0.333. The molecule has 5 heteroatoms. The molecule has 0 bridgehead atoms. The second-order valence-corrected chi connectivity index (χ2v) is 1.84. The van der Waals surface area contributed by atoms with Crippen LogP contribution in [-0.4, -0.2) is 25.0 Å². The first kappa shape index (κ1) is 9.48. The molecule has 3 amide bonds. The van der Waals surface area contributed by atoms with E-state index >= 15 is 0 Å². The molecule has 1 atom stereocenters. The van der Waals surface area contributed by atoms with Crippen LogP contribution >= 0.6 is 0 Å². The highest BCUT2D eigenvalue weighted by Crippen LogP contribution is 1.81. The molecule has 0 aromatic heterocycles. The van der Waals surface area contributed by atoms with E-state index < -0.39 is 18.0 Å². The Morgan fingerprint density at radius 1 is 1.64 bits per heavy atom. The molecule has 0 spiro atoms. The van der Waals surface area contributed by atoms with Crippen molar-refractivity contribution in [3.63, 3.8) is 0 Å². The van der Waals surface area contributed by atoms with Gasteiger partial charge in [-0.1, -0.05) is 6.08 Å². The number of nitrogens with two attached hydrogens (primary N) is 1. The lowest BCUT2D eigenvalue weighted by atomic mass is 10.3. The Balaban J connectivity index is 3.98. The molecule has 0 unspecified atom stereocenters. The van der Waals surface area contributed by atoms with Crippen molar-refractivity contribution >= 4 is 11.9 Å². The minimum atomic E-state index is -0.810. The SMILES string of the molecule is C=C[C@H](NC(=O)NC)C(N)=O. The fourth-order valence-electron chi connectivity index (χ4n) is 0.460. The van der Waals surface area contributed by atoms with Crippen LogP contribution < -0.4 is 16.4 Å². The molecular formula is C6H11N3O2. The molecule has 4 N–H and O–H groups in total. The summed E-state index contributed by atoms with van der Waals surface area (Å²) < 4.78 is 0. The van der Waals surface area contributed by atoms with Crippen LogP contribution in [-0.2, 0) is 4.79 Å². The number of rotatable bonds is 3. The first-order valence-corrected chi connectivity index (χ1v) is 3.02. The summed E-state index contributed by atoms with van der Waals surface area (Å²) in [4.78, 5) is 21.1. The van der Waals surface area contributed by atoms with Gasteiger partial charge in [0, 0.05) is 7.05 Å². The second kappa shape index (κ2) is 4.32. The summed E-state index contributed by atoms with van der Waals surface area (Å²) in [5, 5.41) is 4.55. The monoisotopic (exact) mass is 157 g/mol. The lowest BCUT2D eigenvalue weighted by Crippen LogP contribution is -2.46. The van der Waals surface area contributed by atoms with Gasteiger partial charge in [-0.2, -0.15) is 0 Å². The molecule has 11 heavy (non-hydrogen) atoms. The maximum absolute atomic E-state index is 10.6. The van der Waals surface area contributed by atoms with Crippen LogP contribution in [0.25, 0.3) is 0 Å². The summed E-state index contributed by atoms with van der Waals surface area (Å²) in [6.45, 7) is 3.33. The fourth-order valence-corrected chi connectivity index (χ4v) is 0.460. The number of nitrogens with one attached hydrogen (secondary N) is 2. The lowest BCUT2D eigenvalue weighted by molar-refractivity contribution is -0.118. The van der Waals surface area contributed by atoms with Gasteiger partial charge in [-0.3, -0.25) is 4.79 Å². The first-order valence-electron chi connectivity index (χ1n) is 3.02. The van der Waals surface area contributed by atoms with E-state index in [0.717, 1.165) is 0 Å². The van der Waals surface area contributed by atoms with Crippen molar-refractivity contribution in [1.29, 1.82) is 0 Å². The molecule has 0 fully saturated rings. The van der Waals surface area contributed by atoms with Crippen molar-refractivity contribution < 1.29 is 9.59 Å². The van der Waals surface area contributed by atoms with Crippen molar-refractivity contribution in [2.75, 3.05) is 7.05 Å². The predicted molar refractivity (Wildman–Crippen MR) is 40.8 cm³/mol. The number of hydrogen-bond donors (Lipinski definition) is 3. The number of hydrogen-bond acceptors (Lipinski definition) is 2. The zero-order valence-corrected chi connectivity index (χ0v) is 6.26. The summed E-state index contributed by atoms with van der Waals surface area (Å²) in [5.41, 5.74) is 4.90. The molecule has 0 saturated carbocycles. The summed E-state index contributed by atoms with van der Waals surface area (Å²) in [5.74, 6) is -0.636. The normalized spacial score (nSPS) is 11.4. The van der Waals surface area contributed by atoms with Crippen LogP contribution in [0.4, 0.5) is 4.79 Å². The maximum atomic E-state index is 10.6. The molecule has 0 rings (SSSR count). The average Bonchev–Trinajstić information content (AvgIpc) is 1.99. The Labute approximate surface area is 64.6 Å². The smallest absolute Gasteiger partial charge is 0.315 e. The number of amides is 3. The largest absolute Gasteiger partial charge is 0.368 e. The zero-order valence-electron chi connectivity index (χ0n) is 6.26. The molecule has 0 aliphatic heterocycles. The summed E-state index contributed by atoms with van der Waals surface area (Å²) >= 11 is 0. The highest BCUT2D eigenvalue weighted by atomic mass is 16.2. The molecule has 62 valence electrons. The van der Waals surface area contributed by atoms with Gasteiger partial charge in [0.1, 0.15) is 6.04 Å². The van der Waals surface area contributed by atoms with Gasteiger partial charge in [0.15, 0.2) is 0 Å². The van der Waals surface area contributed by atoms with Gasteiger partial charge < -0.3 is 16.4 Å². The standard InChI is InChI=1S/C6H11N3O2/c1-3-4(5(7)10)9-6(11)8-2/h3-4H,1H2,2H3,(H2,7,10)(H2,8,9,11)/t4-/m0/s1. The van der Waals surface area contributed by atoms with Gasteiger partial charge in [0.05, 0.1) is 0 Å². The summed E-state index contributed by atoms with van der Waals surface area (Å²) in [6, 6.07) is -1.27. The van der Waals surface area contributed by atoms with Gasteiger partial charge in [-0.15, -0.1) is 6.58 Å². The molecular weight excluding hydrogens is 146 g/mol. The number of carbonyl (C=O) groups excluding carboxylic acids is 2. The van der Waals surface area contributed by atoms with E-state index in [1.807, 2.05) is 0 Å². The number of primary amides is 1. The highest BCUT2D eigenvalue weighted by Gasteiger charge is 2.11. The molecule has 0 aromatic carbocycles. The Morgan fingerprint density at radius 3 is 2.45 bits per heavy atom. The van der Waals surface area contributed by atoms with Crippen molar-refractivity contribution in [2.45, 2.75) is 6.04 Å². The Bertz CT molecular complexity index is 179. The first-order chi connectivity index (χ1) is 5.11. The van der Waals surface area contributed by atoms with E-state index in [4.69, 9.17) is 5.73 Å². The molecule has 0 saturated heterocycles. The summed E-state index contributed by atoms with van der Waals surface area (Å²) in [7, 11) is 1.44. The number of urea groups is 1. The van der Waals surface area contributed by atoms with Gasteiger partial charge in [0.25, 0.3) is 0 Å². The molecule has 0 aromatic rings. The van der Waals surface area contributed by atoms with Crippen LogP contribution in [0.2, 0.25) is 0 Å². The van der Waals surface area contributed by atoms with E-state index in [1.165, 1.54) is 13.1 Å². The van der Waals surface area contributed by atoms with E-state index in [-0.39, 0.29) is 0 Å². The topological polar surface area (TPSA) is 84.2 Å². The third kappa shape index (κ3) is 3.24. The van der Waals surface area contributed by atoms with Crippen LogP contribution in [0.5, 0.6) is 0 Å². The van der Waals surface area contributed by atoms with Crippen molar-refractivity contribution in [1.82, 2.24) is 10.6 Å². The lowest BCUT2D eigenvalue weighted by Gasteiger charge is -2.09. The zero-order chi connectivity index (χ0) is 8.85.